The molecule has 0 spiro atoms. The highest BCUT2D eigenvalue weighted by Gasteiger charge is 2.12. The van der Waals surface area contributed by atoms with Crippen LogP contribution in [0.25, 0.3) is 21.8 Å². The number of aromatic nitrogens is 2. The van der Waals surface area contributed by atoms with Crippen molar-refractivity contribution >= 4 is 44.7 Å². The van der Waals surface area contributed by atoms with Crippen molar-refractivity contribution in [2.24, 2.45) is 0 Å². The van der Waals surface area contributed by atoms with E-state index in [1.807, 2.05) is 38.1 Å². The summed E-state index contributed by atoms with van der Waals surface area (Å²) in [6.45, 7) is 7.28. The summed E-state index contributed by atoms with van der Waals surface area (Å²) in [5, 5.41) is 5.30. The zero-order valence-corrected chi connectivity index (χ0v) is 17.1. The largest absolute Gasteiger partial charge is 0.341 e. The fourth-order valence-electron chi connectivity index (χ4n) is 3.75. The Balaban J connectivity index is 1.57. The van der Waals surface area contributed by atoms with Crippen molar-refractivity contribution in [3.05, 3.63) is 62.7 Å². The van der Waals surface area contributed by atoms with Gasteiger partial charge in [-0.1, -0.05) is 29.5 Å². The van der Waals surface area contributed by atoms with Crippen LogP contribution in [0.15, 0.2) is 47.3 Å². The molecule has 0 aliphatic carbocycles. The van der Waals surface area contributed by atoms with Gasteiger partial charge in [0.2, 0.25) is 5.91 Å². The molecule has 0 fully saturated rings. The number of para-hydroxylation sites is 1. The number of carbonyl (C=O) groups excluding carboxylic acids is 1. The molecule has 6 heteroatoms. The molecule has 4 aromatic rings. The maximum Gasteiger partial charge on any atom is 0.307 e. The van der Waals surface area contributed by atoms with Crippen LogP contribution in [0.4, 0.5) is 5.69 Å². The van der Waals surface area contributed by atoms with E-state index in [9.17, 15) is 9.59 Å². The van der Waals surface area contributed by atoms with E-state index in [4.69, 9.17) is 0 Å². The third kappa shape index (κ3) is 3.14. The van der Waals surface area contributed by atoms with E-state index in [0.29, 0.717) is 6.54 Å². The quantitative estimate of drug-likeness (QED) is 0.535. The van der Waals surface area contributed by atoms with Crippen LogP contribution in [-0.4, -0.2) is 15.0 Å². The summed E-state index contributed by atoms with van der Waals surface area (Å²) in [7, 11) is 0. The summed E-state index contributed by atoms with van der Waals surface area (Å²) in [4.78, 5) is 25.4. The first-order valence-corrected chi connectivity index (χ1v) is 10.3. The van der Waals surface area contributed by atoms with E-state index in [0.717, 1.165) is 33.7 Å². The number of fused-ring (bicyclic) bond motifs is 3. The average molecular weight is 394 g/mol. The maximum absolute atomic E-state index is 12.4. The lowest BCUT2D eigenvalue weighted by Gasteiger charge is -2.08. The van der Waals surface area contributed by atoms with Crippen molar-refractivity contribution in [1.82, 2.24) is 9.13 Å². The van der Waals surface area contributed by atoms with Gasteiger partial charge in [0.15, 0.2) is 0 Å². The minimum atomic E-state index is -0.0891. The van der Waals surface area contributed by atoms with E-state index in [1.165, 1.54) is 22.2 Å². The molecule has 0 saturated carbocycles. The Bertz CT molecular complexity index is 1250. The molecule has 1 N–H and O–H groups in total. The van der Waals surface area contributed by atoms with E-state index < -0.39 is 0 Å². The first-order chi connectivity index (χ1) is 13.5. The standard InChI is InChI=1S/C22H23N3O2S/c1-4-24-19-8-6-5-7-17(19)18-13-16(9-10-20(18)24)23-21(26)11-12-25-14(2)15(3)28-22(25)27/h5-10,13H,4,11-12H2,1-3H3,(H,23,26). The molecule has 2 aromatic heterocycles. The molecule has 2 heterocycles. The average Bonchev–Trinajstić information content (AvgIpc) is 3.13. The predicted molar refractivity (Wildman–Crippen MR) is 116 cm³/mol. The fourth-order valence-corrected chi connectivity index (χ4v) is 4.61. The number of benzene rings is 2. The zero-order valence-electron chi connectivity index (χ0n) is 16.3. The Labute approximate surface area is 167 Å². The first kappa shape index (κ1) is 18.5. The number of aryl methyl sites for hydroxylation is 2. The molecular weight excluding hydrogens is 370 g/mol. The van der Waals surface area contributed by atoms with Crippen LogP contribution in [0, 0.1) is 13.8 Å². The monoisotopic (exact) mass is 393 g/mol. The van der Waals surface area contributed by atoms with Gasteiger partial charge in [0.25, 0.3) is 0 Å². The van der Waals surface area contributed by atoms with E-state index in [-0.39, 0.29) is 17.2 Å². The number of anilines is 1. The van der Waals surface area contributed by atoms with Crippen LogP contribution in [0.2, 0.25) is 0 Å². The summed E-state index contributed by atoms with van der Waals surface area (Å²) in [5.74, 6) is -0.0891. The number of rotatable bonds is 5. The number of hydrogen-bond acceptors (Lipinski definition) is 3. The van der Waals surface area contributed by atoms with Gasteiger partial charge < -0.3 is 14.5 Å². The van der Waals surface area contributed by atoms with Gasteiger partial charge in [-0.3, -0.25) is 9.59 Å². The van der Waals surface area contributed by atoms with Crippen LogP contribution >= 0.6 is 11.3 Å². The third-order valence-corrected chi connectivity index (χ3v) is 6.31. The lowest BCUT2D eigenvalue weighted by molar-refractivity contribution is -0.116. The van der Waals surface area contributed by atoms with Crippen molar-refractivity contribution in [2.75, 3.05) is 5.32 Å². The minimum Gasteiger partial charge on any atom is -0.341 e. The highest BCUT2D eigenvalue weighted by atomic mass is 32.1. The van der Waals surface area contributed by atoms with Gasteiger partial charge in [-0.25, -0.2) is 0 Å². The Kier molecular flexibility index (Phi) is 4.81. The number of hydrogen-bond donors (Lipinski definition) is 1. The number of amides is 1. The van der Waals surface area contributed by atoms with Gasteiger partial charge in [-0.15, -0.1) is 0 Å². The molecule has 0 radical (unpaired) electrons. The third-order valence-electron chi connectivity index (χ3n) is 5.31. The highest BCUT2D eigenvalue weighted by molar-refractivity contribution is 7.09. The van der Waals surface area contributed by atoms with Crippen LogP contribution < -0.4 is 10.2 Å². The lowest BCUT2D eigenvalue weighted by Crippen LogP contribution is -2.20. The molecule has 2 aromatic carbocycles. The molecule has 0 atom stereocenters. The first-order valence-electron chi connectivity index (χ1n) is 9.47. The Morgan fingerprint density at radius 1 is 1.04 bits per heavy atom. The van der Waals surface area contributed by atoms with Crippen molar-refractivity contribution in [3.8, 4) is 0 Å². The van der Waals surface area contributed by atoms with E-state index >= 15 is 0 Å². The second kappa shape index (κ2) is 7.28. The number of thiazole rings is 1. The maximum atomic E-state index is 12.4. The smallest absolute Gasteiger partial charge is 0.307 e. The molecule has 0 aliphatic heterocycles. The van der Waals surface area contributed by atoms with E-state index in [2.05, 4.69) is 35.0 Å². The molecule has 4 rings (SSSR count). The molecular formula is C22H23N3O2S. The molecule has 1 amide bonds. The Hall–Kier alpha value is -2.86. The molecule has 5 nitrogen and oxygen atoms in total. The topological polar surface area (TPSA) is 56.0 Å². The van der Waals surface area contributed by atoms with Gasteiger partial charge in [0.05, 0.1) is 0 Å². The summed E-state index contributed by atoms with van der Waals surface area (Å²) in [6, 6.07) is 14.4. The Morgan fingerprint density at radius 3 is 2.50 bits per heavy atom. The molecule has 0 bridgehead atoms. The molecule has 144 valence electrons. The van der Waals surface area contributed by atoms with Gasteiger partial charge in [-0.2, -0.15) is 0 Å². The fraction of sp³-hybridized carbons (Fsp3) is 0.273. The van der Waals surface area contributed by atoms with Crippen molar-refractivity contribution in [2.45, 2.75) is 40.3 Å². The molecule has 0 saturated heterocycles. The Morgan fingerprint density at radius 2 is 1.79 bits per heavy atom. The number of nitrogens with zero attached hydrogens (tertiary/aromatic N) is 2. The summed E-state index contributed by atoms with van der Waals surface area (Å²) in [6.07, 6.45) is 0.270. The second-order valence-electron chi connectivity index (χ2n) is 6.95. The van der Waals surface area contributed by atoms with E-state index in [1.54, 1.807) is 4.57 Å². The van der Waals surface area contributed by atoms with Crippen molar-refractivity contribution in [3.63, 3.8) is 0 Å². The predicted octanol–water partition coefficient (Wildman–Crippen LogP) is 4.68. The van der Waals surface area contributed by atoms with Crippen LogP contribution in [-0.2, 0) is 17.9 Å². The van der Waals surface area contributed by atoms with Crippen molar-refractivity contribution in [1.29, 1.82) is 0 Å². The SMILES string of the molecule is CCn1c2ccccc2c2cc(NC(=O)CCn3c(C)c(C)sc3=O)ccc21. The lowest BCUT2D eigenvalue weighted by atomic mass is 10.1. The van der Waals surface area contributed by atoms with Crippen LogP contribution in [0.3, 0.4) is 0 Å². The van der Waals surface area contributed by atoms with Gasteiger partial charge in [0.1, 0.15) is 0 Å². The van der Waals surface area contributed by atoms with Crippen LogP contribution in [0.5, 0.6) is 0 Å². The van der Waals surface area contributed by atoms with Gasteiger partial charge in [-0.05, 0) is 45.0 Å². The number of nitrogens with one attached hydrogen (secondary N) is 1. The van der Waals surface area contributed by atoms with Gasteiger partial charge >= 0.3 is 4.87 Å². The summed E-state index contributed by atoms with van der Waals surface area (Å²) in [5.41, 5.74) is 4.09. The minimum absolute atomic E-state index is 0.00315. The van der Waals surface area contributed by atoms with Crippen LogP contribution in [0.1, 0.15) is 23.9 Å². The summed E-state index contributed by atoms with van der Waals surface area (Å²) < 4.78 is 3.96. The highest BCUT2D eigenvalue weighted by Crippen LogP contribution is 2.31. The van der Waals surface area contributed by atoms with Crippen molar-refractivity contribution < 1.29 is 4.79 Å². The second-order valence-corrected chi connectivity index (χ2v) is 8.12. The van der Waals surface area contributed by atoms with Gasteiger partial charge in [0, 0.05) is 57.6 Å². The molecule has 0 aliphatic rings. The zero-order chi connectivity index (χ0) is 19.8. The normalized spacial score (nSPS) is 11.4. The number of carbonyl (C=O) groups is 1. The molecule has 28 heavy (non-hydrogen) atoms. The summed E-state index contributed by atoms with van der Waals surface area (Å²) >= 11 is 1.23. The molecule has 0 unspecified atom stereocenters.